The summed E-state index contributed by atoms with van der Waals surface area (Å²) in [6.45, 7) is 14.5. The Labute approximate surface area is 202 Å². The van der Waals surface area contributed by atoms with Crippen LogP contribution in [0, 0.1) is 29.1 Å². The number of aldehydes is 2. The van der Waals surface area contributed by atoms with Gasteiger partial charge < -0.3 is 20.4 Å². The second kappa shape index (κ2) is 9.37. The van der Waals surface area contributed by atoms with Crippen molar-refractivity contribution in [2.75, 3.05) is 0 Å². The molecule has 0 bridgehead atoms. The van der Waals surface area contributed by atoms with Crippen molar-refractivity contribution < 1.29 is 30.0 Å². The average Bonchev–Trinajstić information content (AvgIpc) is 2.72. The van der Waals surface area contributed by atoms with Gasteiger partial charge >= 0.3 is 0 Å². The average molecular weight is 473 g/mol. The fourth-order valence-electron chi connectivity index (χ4n) is 6.89. The molecule has 0 heterocycles. The van der Waals surface area contributed by atoms with Gasteiger partial charge in [-0.05, 0) is 87.4 Å². The van der Waals surface area contributed by atoms with Crippen LogP contribution in [0.1, 0.15) is 105 Å². The third-order valence-corrected chi connectivity index (χ3v) is 8.81. The number of phenolic OH excluding ortho intramolecular Hbond substituents is 3. The standard InChI is InChI=1S/C28H40O6/c1-15(2)11-18(23-25(32)19(13-29)24(31)20(14-30)26(23)33)21-8-7-16(3)22-12-17(27(4,5)34)9-10-28(21,22)6/h13-15,17-18,21-22,31-34H,3,7-12H2,1-2,4-6H3/t17?,18?,21-,22-,28-/m0/s1. The number of hydrogen-bond acceptors (Lipinski definition) is 6. The first-order chi connectivity index (χ1) is 15.8. The number of aliphatic hydroxyl groups is 1. The van der Waals surface area contributed by atoms with Crippen molar-refractivity contribution in [3.05, 3.63) is 28.8 Å². The number of carbonyl (C=O) groups is 2. The topological polar surface area (TPSA) is 115 Å². The Kier molecular flexibility index (Phi) is 7.24. The molecule has 1 aromatic rings. The molecule has 2 aliphatic carbocycles. The summed E-state index contributed by atoms with van der Waals surface area (Å²) >= 11 is 0. The van der Waals surface area contributed by atoms with Gasteiger partial charge in [-0.1, -0.05) is 32.9 Å². The van der Waals surface area contributed by atoms with Crippen LogP contribution in [0.2, 0.25) is 0 Å². The van der Waals surface area contributed by atoms with E-state index in [1.807, 2.05) is 13.8 Å². The maximum atomic E-state index is 11.7. The van der Waals surface area contributed by atoms with Gasteiger partial charge in [-0.25, -0.2) is 0 Å². The molecule has 2 unspecified atom stereocenters. The molecule has 2 saturated carbocycles. The van der Waals surface area contributed by atoms with Crippen molar-refractivity contribution in [2.45, 2.75) is 84.7 Å². The van der Waals surface area contributed by atoms with Gasteiger partial charge in [0.1, 0.15) is 17.2 Å². The molecule has 4 N–H and O–H groups in total. The Morgan fingerprint density at radius 3 is 2.09 bits per heavy atom. The lowest BCUT2D eigenvalue weighted by atomic mass is 9.48. The number of rotatable bonds is 7. The Morgan fingerprint density at radius 1 is 1.06 bits per heavy atom. The summed E-state index contributed by atoms with van der Waals surface area (Å²) in [5, 5.41) is 43.1. The predicted octanol–water partition coefficient (Wildman–Crippen LogP) is 5.72. The largest absolute Gasteiger partial charge is 0.507 e. The van der Waals surface area contributed by atoms with E-state index in [0.717, 1.165) is 32.1 Å². The number of phenols is 3. The molecule has 0 radical (unpaired) electrons. The zero-order chi connectivity index (χ0) is 25.6. The minimum absolute atomic E-state index is 0.0495. The fourth-order valence-corrected chi connectivity index (χ4v) is 6.89. The Hall–Kier alpha value is -2.34. The first kappa shape index (κ1) is 26.3. The van der Waals surface area contributed by atoms with Crippen molar-refractivity contribution in [2.24, 2.45) is 29.1 Å². The smallest absolute Gasteiger partial charge is 0.157 e. The van der Waals surface area contributed by atoms with Gasteiger partial charge in [0.15, 0.2) is 12.6 Å². The molecule has 1 aromatic carbocycles. The number of aromatic hydroxyl groups is 3. The Balaban J connectivity index is 2.17. The van der Waals surface area contributed by atoms with Crippen LogP contribution in [0.15, 0.2) is 12.2 Å². The van der Waals surface area contributed by atoms with E-state index in [1.165, 1.54) is 5.57 Å². The summed E-state index contributed by atoms with van der Waals surface area (Å²) in [5.74, 6) is -1.31. The molecule has 5 atom stereocenters. The summed E-state index contributed by atoms with van der Waals surface area (Å²) in [6.07, 6.45) is 5.46. The lowest BCUT2D eigenvalue weighted by Crippen LogP contribution is -2.49. The molecule has 6 heteroatoms. The zero-order valence-corrected chi connectivity index (χ0v) is 21.1. The van der Waals surface area contributed by atoms with Crippen LogP contribution in [0.5, 0.6) is 17.2 Å². The second-order valence-corrected chi connectivity index (χ2v) is 11.7. The third-order valence-electron chi connectivity index (χ3n) is 8.81. The molecule has 3 rings (SSSR count). The van der Waals surface area contributed by atoms with Crippen LogP contribution in [0.25, 0.3) is 0 Å². The summed E-state index contributed by atoms with van der Waals surface area (Å²) in [4.78, 5) is 23.4. The van der Waals surface area contributed by atoms with Crippen molar-refractivity contribution in [3.63, 3.8) is 0 Å². The highest BCUT2D eigenvalue weighted by molar-refractivity contribution is 5.95. The second-order valence-electron chi connectivity index (χ2n) is 11.7. The van der Waals surface area contributed by atoms with Crippen LogP contribution in [-0.4, -0.2) is 38.6 Å². The lowest BCUT2D eigenvalue weighted by Gasteiger charge is -2.57. The monoisotopic (exact) mass is 472 g/mol. The number of allylic oxidation sites excluding steroid dienone is 1. The molecule has 0 amide bonds. The lowest BCUT2D eigenvalue weighted by molar-refractivity contribution is -0.0652. The van der Waals surface area contributed by atoms with E-state index in [0.29, 0.717) is 19.0 Å². The summed E-state index contributed by atoms with van der Waals surface area (Å²) in [7, 11) is 0. The fraction of sp³-hybridized carbons (Fsp3) is 0.643. The SMILES string of the molecule is C=C1CC[C@@H](C(CC(C)C)c2c(O)c(C=O)c(O)c(C=O)c2O)[C@]2(C)CCC(C(C)(C)O)C[C@@H]12. The van der Waals surface area contributed by atoms with Crippen molar-refractivity contribution in [3.8, 4) is 17.2 Å². The molecule has 2 aliphatic rings. The van der Waals surface area contributed by atoms with Gasteiger partial charge in [0.25, 0.3) is 0 Å². The molecule has 0 spiro atoms. The molecule has 188 valence electrons. The van der Waals surface area contributed by atoms with Crippen LogP contribution >= 0.6 is 0 Å². The van der Waals surface area contributed by atoms with E-state index >= 15 is 0 Å². The predicted molar refractivity (Wildman–Crippen MR) is 132 cm³/mol. The van der Waals surface area contributed by atoms with E-state index in [4.69, 9.17) is 0 Å². The van der Waals surface area contributed by atoms with Crippen molar-refractivity contribution in [1.29, 1.82) is 0 Å². The first-order valence-electron chi connectivity index (χ1n) is 12.4. The number of benzene rings is 1. The Morgan fingerprint density at radius 2 is 1.62 bits per heavy atom. The van der Waals surface area contributed by atoms with E-state index in [2.05, 4.69) is 27.4 Å². The van der Waals surface area contributed by atoms with Crippen LogP contribution in [0.4, 0.5) is 0 Å². The van der Waals surface area contributed by atoms with Gasteiger partial charge in [0.2, 0.25) is 0 Å². The van der Waals surface area contributed by atoms with Crippen molar-refractivity contribution >= 4 is 12.6 Å². The number of hydrogen-bond donors (Lipinski definition) is 4. The molecule has 2 fully saturated rings. The molecule has 0 aromatic heterocycles. The van der Waals surface area contributed by atoms with E-state index in [9.17, 15) is 30.0 Å². The minimum atomic E-state index is -0.781. The van der Waals surface area contributed by atoms with Crippen LogP contribution < -0.4 is 0 Å². The van der Waals surface area contributed by atoms with E-state index in [-0.39, 0.29) is 51.7 Å². The highest BCUT2D eigenvalue weighted by Gasteiger charge is 2.53. The maximum absolute atomic E-state index is 11.7. The molecule has 34 heavy (non-hydrogen) atoms. The normalized spacial score (nSPS) is 28.4. The first-order valence-corrected chi connectivity index (χ1v) is 12.4. The molecule has 6 nitrogen and oxygen atoms in total. The van der Waals surface area contributed by atoms with Crippen LogP contribution in [0.3, 0.4) is 0 Å². The highest BCUT2D eigenvalue weighted by atomic mass is 16.3. The molecular weight excluding hydrogens is 432 g/mol. The highest BCUT2D eigenvalue weighted by Crippen LogP contribution is 2.63. The van der Waals surface area contributed by atoms with Crippen molar-refractivity contribution in [1.82, 2.24) is 0 Å². The zero-order valence-electron chi connectivity index (χ0n) is 21.1. The van der Waals surface area contributed by atoms with E-state index < -0.39 is 22.8 Å². The van der Waals surface area contributed by atoms with E-state index in [1.54, 1.807) is 0 Å². The number of fused-ring (bicyclic) bond motifs is 1. The quantitative estimate of drug-likeness (QED) is 0.298. The van der Waals surface area contributed by atoms with Gasteiger partial charge in [-0.15, -0.1) is 0 Å². The number of carbonyl (C=O) groups excluding carboxylic acids is 2. The molecular formula is C28H40O6. The Bertz CT molecular complexity index is 937. The summed E-state index contributed by atoms with van der Waals surface area (Å²) in [6, 6.07) is 0. The van der Waals surface area contributed by atoms with Gasteiger partial charge in [-0.3, -0.25) is 9.59 Å². The van der Waals surface area contributed by atoms with Gasteiger partial charge in [0.05, 0.1) is 16.7 Å². The third kappa shape index (κ3) is 4.37. The van der Waals surface area contributed by atoms with Gasteiger partial charge in [-0.2, -0.15) is 0 Å². The van der Waals surface area contributed by atoms with Crippen LogP contribution in [-0.2, 0) is 0 Å². The molecule has 0 saturated heterocycles. The minimum Gasteiger partial charge on any atom is -0.507 e. The van der Waals surface area contributed by atoms with Gasteiger partial charge in [0, 0.05) is 5.56 Å². The summed E-state index contributed by atoms with van der Waals surface area (Å²) in [5.41, 5.74) is -0.338. The maximum Gasteiger partial charge on any atom is 0.157 e. The molecule has 0 aliphatic heterocycles. The summed E-state index contributed by atoms with van der Waals surface area (Å²) < 4.78 is 0.